The van der Waals surface area contributed by atoms with Crippen LogP contribution in [-0.2, 0) is 11.3 Å². The van der Waals surface area contributed by atoms with Crippen molar-refractivity contribution in [3.63, 3.8) is 0 Å². The van der Waals surface area contributed by atoms with Crippen molar-refractivity contribution in [2.75, 3.05) is 26.7 Å². The van der Waals surface area contributed by atoms with E-state index >= 15 is 0 Å². The number of carbonyl (C=O) groups is 1. The van der Waals surface area contributed by atoms with Crippen LogP contribution in [0, 0.1) is 10.1 Å². The molecule has 2 rings (SSSR count). The zero-order chi connectivity index (χ0) is 16.1. The van der Waals surface area contributed by atoms with Gasteiger partial charge in [-0.05, 0) is 11.6 Å². The zero-order valence-corrected chi connectivity index (χ0v) is 12.7. The van der Waals surface area contributed by atoms with Crippen molar-refractivity contribution in [1.29, 1.82) is 0 Å². The summed E-state index contributed by atoms with van der Waals surface area (Å²) in [5.74, 6) is -0.0605. The van der Waals surface area contributed by atoms with Gasteiger partial charge >= 0.3 is 0 Å². The van der Waals surface area contributed by atoms with Crippen molar-refractivity contribution in [3.8, 4) is 0 Å². The molecule has 1 saturated heterocycles. The summed E-state index contributed by atoms with van der Waals surface area (Å²) in [4.78, 5) is 29.5. The SMILES string of the molecule is CNC(=O)CN1CCN(Cc2ccc(Cl)nc2)/C1=N/[N+](=O)[O-]. The van der Waals surface area contributed by atoms with Crippen LogP contribution in [0.15, 0.2) is 23.4 Å². The third kappa shape index (κ3) is 4.04. The molecule has 1 aromatic rings. The molecule has 1 N–H and O–H groups in total. The molecule has 1 amide bonds. The third-order valence-corrected chi connectivity index (χ3v) is 3.38. The van der Waals surface area contributed by atoms with Gasteiger partial charge in [-0.25, -0.2) is 15.1 Å². The summed E-state index contributed by atoms with van der Waals surface area (Å²) in [5, 5.41) is 16.2. The Morgan fingerprint density at radius 2 is 2.23 bits per heavy atom. The van der Waals surface area contributed by atoms with E-state index in [4.69, 9.17) is 11.6 Å². The second kappa shape index (κ2) is 7.03. The standard InChI is InChI=1S/C12H15ClN6O3/c1-14-11(20)8-18-5-4-17(12(18)16-19(21)22)7-9-2-3-10(13)15-6-9/h2-3,6H,4-5,7-8H2,1H3,(H,14,20)/b16-12-. The summed E-state index contributed by atoms with van der Waals surface area (Å²) in [6, 6.07) is 3.44. The number of nitro groups is 1. The smallest absolute Gasteiger partial charge is 0.274 e. The van der Waals surface area contributed by atoms with Crippen molar-refractivity contribution in [3.05, 3.63) is 39.2 Å². The number of hydrogen-bond acceptors (Lipinski definition) is 4. The minimum Gasteiger partial charge on any atom is -0.358 e. The molecule has 0 radical (unpaired) electrons. The number of aromatic nitrogens is 1. The maximum absolute atomic E-state index is 11.5. The Balaban J connectivity index is 2.14. The molecule has 0 aromatic carbocycles. The third-order valence-electron chi connectivity index (χ3n) is 3.15. The van der Waals surface area contributed by atoms with E-state index in [-0.39, 0.29) is 18.4 Å². The number of halogens is 1. The average molecular weight is 327 g/mol. The van der Waals surface area contributed by atoms with Crippen LogP contribution in [0.5, 0.6) is 0 Å². The van der Waals surface area contributed by atoms with Crippen molar-refractivity contribution >= 4 is 23.5 Å². The van der Waals surface area contributed by atoms with E-state index in [9.17, 15) is 14.9 Å². The van der Waals surface area contributed by atoms with E-state index in [1.54, 1.807) is 28.1 Å². The molecule has 1 aromatic heterocycles. The predicted molar refractivity (Wildman–Crippen MR) is 79.7 cm³/mol. The van der Waals surface area contributed by atoms with Gasteiger partial charge in [0, 0.05) is 32.9 Å². The van der Waals surface area contributed by atoms with E-state index in [1.807, 2.05) is 0 Å². The van der Waals surface area contributed by atoms with E-state index < -0.39 is 5.03 Å². The number of hydrazone groups is 1. The quantitative estimate of drug-likeness (QED) is 0.469. The predicted octanol–water partition coefficient (Wildman–Crippen LogP) is 0.146. The molecular weight excluding hydrogens is 312 g/mol. The molecule has 1 aliphatic rings. The molecule has 0 saturated carbocycles. The van der Waals surface area contributed by atoms with Crippen LogP contribution < -0.4 is 5.32 Å². The van der Waals surface area contributed by atoms with Gasteiger partial charge in [-0.2, -0.15) is 0 Å². The van der Waals surface area contributed by atoms with Gasteiger partial charge in [0.05, 0.1) is 6.54 Å². The number of nitrogens with one attached hydrogen (secondary N) is 1. The number of nitrogens with zero attached hydrogens (tertiary/aromatic N) is 5. The summed E-state index contributed by atoms with van der Waals surface area (Å²) in [5.41, 5.74) is 0.849. The number of rotatable bonds is 5. The number of guanidine groups is 1. The molecular formula is C12H15ClN6O3. The van der Waals surface area contributed by atoms with E-state index in [0.29, 0.717) is 24.8 Å². The van der Waals surface area contributed by atoms with Gasteiger partial charge in [0.1, 0.15) is 10.3 Å². The summed E-state index contributed by atoms with van der Waals surface area (Å²) in [7, 11) is 1.51. The summed E-state index contributed by atoms with van der Waals surface area (Å²) in [6.07, 6.45) is 1.60. The highest BCUT2D eigenvalue weighted by Gasteiger charge is 2.30. The lowest BCUT2D eigenvalue weighted by Gasteiger charge is -2.20. The van der Waals surface area contributed by atoms with Crippen LogP contribution in [0.25, 0.3) is 0 Å². The lowest BCUT2D eigenvalue weighted by Crippen LogP contribution is -2.40. The van der Waals surface area contributed by atoms with Crippen molar-refractivity contribution in [2.45, 2.75) is 6.54 Å². The Labute approximate surface area is 131 Å². The second-order valence-corrected chi connectivity index (χ2v) is 5.03. The van der Waals surface area contributed by atoms with Crippen molar-refractivity contribution in [1.82, 2.24) is 20.1 Å². The molecule has 0 bridgehead atoms. The second-order valence-electron chi connectivity index (χ2n) is 4.64. The highest BCUT2D eigenvalue weighted by Crippen LogP contribution is 2.14. The summed E-state index contributed by atoms with van der Waals surface area (Å²) in [6.45, 7) is 1.45. The Hall–Kier alpha value is -2.42. The van der Waals surface area contributed by atoms with Crippen molar-refractivity contribution < 1.29 is 9.83 Å². The molecule has 0 spiro atoms. The van der Waals surface area contributed by atoms with Gasteiger partial charge in [0.25, 0.3) is 5.96 Å². The minimum absolute atomic E-state index is 0.0263. The normalized spacial score (nSPS) is 16.2. The monoisotopic (exact) mass is 326 g/mol. The summed E-state index contributed by atoms with van der Waals surface area (Å²) < 4.78 is 0. The van der Waals surface area contributed by atoms with Gasteiger partial charge in [-0.3, -0.25) is 4.79 Å². The average Bonchev–Trinajstić information content (AvgIpc) is 2.83. The first-order chi connectivity index (χ1) is 10.5. The molecule has 0 unspecified atom stereocenters. The number of hydrogen-bond donors (Lipinski definition) is 1. The number of pyridine rings is 1. The van der Waals surface area contributed by atoms with E-state index in [1.165, 1.54) is 7.05 Å². The fraction of sp³-hybridized carbons (Fsp3) is 0.417. The van der Waals surface area contributed by atoms with Crippen LogP contribution >= 0.6 is 11.6 Å². The molecule has 10 heteroatoms. The van der Waals surface area contributed by atoms with Gasteiger partial charge in [-0.15, -0.1) is 0 Å². The molecule has 2 heterocycles. The molecule has 0 aliphatic carbocycles. The van der Waals surface area contributed by atoms with E-state index in [0.717, 1.165) is 5.56 Å². The Morgan fingerprint density at radius 1 is 1.50 bits per heavy atom. The first kappa shape index (κ1) is 16.0. The molecule has 1 fully saturated rings. The van der Waals surface area contributed by atoms with Gasteiger partial charge in [0.2, 0.25) is 5.91 Å². The Bertz CT molecular complexity index is 591. The van der Waals surface area contributed by atoms with Gasteiger partial charge < -0.3 is 15.1 Å². The van der Waals surface area contributed by atoms with Crippen LogP contribution in [0.1, 0.15) is 5.56 Å². The zero-order valence-electron chi connectivity index (χ0n) is 11.9. The van der Waals surface area contributed by atoms with Gasteiger partial charge in [0.15, 0.2) is 5.03 Å². The molecule has 22 heavy (non-hydrogen) atoms. The minimum atomic E-state index is -0.759. The Morgan fingerprint density at radius 3 is 2.82 bits per heavy atom. The molecule has 1 aliphatic heterocycles. The summed E-state index contributed by atoms with van der Waals surface area (Å²) >= 11 is 5.73. The first-order valence-electron chi connectivity index (χ1n) is 6.53. The van der Waals surface area contributed by atoms with Crippen LogP contribution in [-0.4, -0.2) is 58.4 Å². The van der Waals surface area contributed by atoms with Crippen LogP contribution in [0.3, 0.4) is 0 Å². The first-order valence-corrected chi connectivity index (χ1v) is 6.91. The molecule has 9 nitrogen and oxygen atoms in total. The van der Waals surface area contributed by atoms with Crippen LogP contribution in [0.2, 0.25) is 5.15 Å². The largest absolute Gasteiger partial charge is 0.358 e. The Kier molecular flexibility index (Phi) is 5.10. The highest BCUT2D eigenvalue weighted by atomic mass is 35.5. The maximum Gasteiger partial charge on any atom is 0.274 e. The number of amides is 1. The number of carbonyl (C=O) groups excluding carboxylic acids is 1. The highest BCUT2D eigenvalue weighted by molar-refractivity contribution is 6.29. The molecule has 118 valence electrons. The molecule has 0 atom stereocenters. The lowest BCUT2D eigenvalue weighted by molar-refractivity contribution is -0.486. The lowest BCUT2D eigenvalue weighted by atomic mass is 10.3. The number of likely N-dealkylation sites (N-methyl/N-ethyl adjacent to an activating group) is 1. The fourth-order valence-corrected chi connectivity index (χ4v) is 2.23. The van der Waals surface area contributed by atoms with Crippen molar-refractivity contribution in [2.24, 2.45) is 5.10 Å². The van der Waals surface area contributed by atoms with Gasteiger partial charge in [-0.1, -0.05) is 17.7 Å². The van der Waals surface area contributed by atoms with Crippen LogP contribution in [0.4, 0.5) is 0 Å². The topological polar surface area (TPSA) is 104 Å². The fourth-order valence-electron chi connectivity index (χ4n) is 2.11. The maximum atomic E-state index is 11.5. The van der Waals surface area contributed by atoms with E-state index in [2.05, 4.69) is 15.4 Å².